The first kappa shape index (κ1) is 34.4. The van der Waals surface area contributed by atoms with Crippen molar-refractivity contribution in [2.24, 2.45) is 4.99 Å². The minimum atomic E-state index is -0.867. The van der Waals surface area contributed by atoms with E-state index in [0.29, 0.717) is 24.5 Å². The van der Waals surface area contributed by atoms with Gasteiger partial charge in [-0.05, 0) is 68.3 Å². The number of allylic oxidation sites excluding steroid dienone is 1. The minimum absolute atomic E-state index is 0.0469. The molecule has 0 spiro atoms. The lowest BCUT2D eigenvalue weighted by atomic mass is 9.77. The van der Waals surface area contributed by atoms with Crippen molar-refractivity contribution in [1.82, 2.24) is 25.1 Å². The van der Waals surface area contributed by atoms with Crippen LogP contribution in [-0.2, 0) is 23.3 Å². The summed E-state index contributed by atoms with van der Waals surface area (Å²) in [5.74, 6) is 1.42. The summed E-state index contributed by atoms with van der Waals surface area (Å²) in [4.78, 5) is 20.2. The number of carbonyl (C=O) groups is 1. The summed E-state index contributed by atoms with van der Waals surface area (Å²) in [5.41, 5.74) is 7.87. The first-order valence-corrected chi connectivity index (χ1v) is 18.4. The largest absolute Gasteiger partial charge is 0.290 e. The molecule has 0 fully saturated rings. The zero-order valence-electron chi connectivity index (χ0n) is 30.2. The standard InChI is InChI=1S/C47H40N6O/c1-2-17-44-48-43(33-30-35-18-7-3-8-19-35)46(54)52(44)34-36-28-31-37(32-29-36)41-26-15-16-27-42(41)45-49-50-51-53(45)47(38-20-9-4-10-21-38,39-22-11-5-12-23-39)40-24-13-6-14-25-40/h3-16,18-29,31-33H,2,17,30,34H2,1H3. The van der Waals surface area contributed by atoms with Crippen LogP contribution in [0.15, 0.2) is 187 Å². The fourth-order valence-corrected chi connectivity index (χ4v) is 7.43. The molecule has 0 radical (unpaired) electrons. The second kappa shape index (κ2) is 15.5. The molecule has 0 atom stereocenters. The lowest BCUT2D eigenvalue weighted by Gasteiger charge is -2.36. The number of aromatic nitrogens is 4. The molecule has 2 heterocycles. The van der Waals surface area contributed by atoms with Gasteiger partial charge in [0, 0.05) is 12.0 Å². The molecule has 7 nitrogen and oxygen atoms in total. The van der Waals surface area contributed by atoms with Crippen LogP contribution in [0.4, 0.5) is 0 Å². The van der Waals surface area contributed by atoms with Crippen LogP contribution in [0.3, 0.4) is 0 Å². The molecule has 7 heteroatoms. The van der Waals surface area contributed by atoms with E-state index >= 15 is 0 Å². The Morgan fingerprint density at radius 1 is 0.611 bits per heavy atom. The monoisotopic (exact) mass is 704 g/mol. The number of carbonyl (C=O) groups excluding carboxylic acids is 1. The smallest absolute Gasteiger partial charge is 0.277 e. The van der Waals surface area contributed by atoms with E-state index < -0.39 is 5.54 Å². The lowest BCUT2D eigenvalue weighted by Crippen LogP contribution is -2.39. The van der Waals surface area contributed by atoms with Gasteiger partial charge in [0.05, 0.1) is 6.54 Å². The molecular formula is C47H40N6O. The maximum absolute atomic E-state index is 13.6. The number of benzene rings is 6. The van der Waals surface area contributed by atoms with Gasteiger partial charge in [0.1, 0.15) is 17.1 Å². The molecule has 6 aromatic carbocycles. The van der Waals surface area contributed by atoms with E-state index in [9.17, 15) is 4.79 Å². The average Bonchev–Trinajstić information content (AvgIpc) is 3.84. The predicted octanol–water partition coefficient (Wildman–Crippen LogP) is 9.51. The molecule has 264 valence electrons. The average molecular weight is 705 g/mol. The Morgan fingerprint density at radius 3 is 1.72 bits per heavy atom. The van der Waals surface area contributed by atoms with Crippen molar-refractivity contribution in [3.05, 3.63) is 209 Å². The van der Waals surface area contributed by atoms with Crippen molar-refractivity contribution in [3.8, 4) is 22.5 Å². The van der Waals surface area contributed by atoms with Crippen LogP contribution in [0.2, 0.25) is 0 Å². The van der Waals surface area contributed by atoms with Crippen molar-refractivity contribution < 1.29 is 4.79 Å². The van der Waals surface area contributed by atoms with Gasteiger partial charge in [-0.15, -0.1) is 5.10 Å². The molecule has 1 aliphatic heterocycles. The molecule has 7 aromatic rings. The van der Waals surface area contributed by atoms with Gasteiger partial charge in [-0.1, -0.05) is 177 Å². The van der Waals surface area contributed by atoms with Gasteiger partial charge in [0.2, 0.25) is 0 Å². The molecule has 0 saturated heterocycles. The second-order valence-electron chi connectivity index (χ2n) is 13.4. The van der Waals surface area contributed by atoms with E-state index in [2.05, 4.69) is 133 Å². The number of tetrazole rings is 1. The van der Waals surface area contributed by atoms with Crippen LogP contribution < -0.4 is 0 Å². The molecular weight excluding hydrogens is 665 g/mol. The quantitative estimate of drug-likeness (QED) is 0.0938. The van der Waals surface area contributed by atoms with Crippen LogP contribution in [0.1, 0.15) is 47.6 Å². The summed E-state index contributed by atoms with van der Waals surface area (Å²) in [6.07, 6.45) is 4.26. The number of hydrogen-bond acceptors (Lipinski definition) is 5. The van der Waals surface area contributed by atoms with Gasteiger partial charge in [-0.25, -0.2) is 9.67 Å². The van der Waals surface area contributed by atoms with E-state index in [4.69, 9.17) is 15.3 Å². The highest BCUT2D eigenvalue weighted by molar-refractivity contribution is 6.12. The Balaban J connectivity index is 1.15. The summed E-state index contributed by atoms with van der Waals surface area (Å²) in [6.45, 7) is 2.57. The van der Waals surface area contributed by atoms with Crippen molar-refractivity contribution in [1.29, 1.82) is 0 Å². The van der Waals surface area contributed by atoms with E-state index in [0.717, 1.165) is 63.2 Å². The Morgan fingerprint density at radius 2 is 1.15 bits per heavy atom. The van der Waals surface area contributed by atoms with E-state index in [1.807, 2.05) is 64.2 Å². The van der Waals surface area contributed by atoms with Crippen LogP contribution in [0.25, 0.3) is 22.5 Å². The Kier molecular flexibility index (Phi) is 9.85. The maximum Gasteiger partial charge on any atom is 0.277 e. The van der Waals surface area contributed by atoms with Crippen LogP contribution in [0.5, 0.6) is 0 Å². The molecule has 0 saturated carbocycles. The summed E-state index contributed by atoms with van der Waals surface area (Å²) < 4.78 is 1.97. The van der Waals surface area contributed by atoms with E-state index in [1.54, 1.807) is 0 Å². The van der Waals surface area contributed by atoms with Crippen LogP contribution in [-0.4, -0.2) is 36.8 Å². The van der Waals surface area contributed by atoms with Gasteiger partial charge in [-0.3, -0.25) is 9.69 Å². The predicted molar refractivity (Wildman–Crippen MR) is 214 cm³/mol. The fourth-order valence-electron chi connectivity index (χ4n) is 7.43. The Labute approximate surface area is 316 Å². The Bertz CT molecular complexity index is 2310. The Hall–Kier alpha value is -6.73. The maximum atomic E-state index is 13.6. The van der Waals surface area contributed by atoms with Gasteiger partial charge in [0.15, 0.2) is 5.82 Å². The fraction of sp³-hybridized carbons (Fsp3) is 0.128. The number of aliphatic imine (C=N–C) groups is 1. The molecule has 1 amide bonds. The normalized spacial score (nSPS) is 13.7. The summed E-state index contributed by atoms with van der Waals surface area (Å²) in [6, 6.07) is 58.1. The zero-order chi connectivity index (χ0) is 36.7. The first-order chi connectivity index (χ1) is 26.7. The van der Waals surface area contributed by atoms with E-state index in [-0.39, 0.29) is 5.91 Å². The third-order valence-electron chi connectivity index (χ3n) is 10.0. The minimum Gasteiger partial charge on any atom is -0.290 e. The third-order valence-corrected chi connectivity index (χ3v) is 10.0. The highest BCUT2D eigenvalue weighted by Crippen LogP contribution is 2.43. The van der Waals surface area contributed by atoms with E-state index in [1.165, 1.54) is 0 Å². The van der Waals surface area contributed by atoms with Crippen molar-refractivity contribution in [2.75, 3.05) is 0 Å². The molecule has 0 bridgehead atoms. The number of amides is 1. The number of rotatable bonds is 12. The number of nitrogens with zero attached hydrogens (tertiary/aromatic N) is 6. The van der Waals surface area contributed by atoms with Crippen molar-refractivity contribution in [2.45, 2.75) is 38.3 Å². The van der Waals surface area contributed by atoms with Gasteiger partial charge < -0.3 is 0 Å². The van der Waals surface area contributed by atoms with Gasteiger partial charge in [0.25, 0.3) is 5.91 Å². The zero-order valence-corrected chi connectivity index (χ0v) is 30.2. The second-order valence-corrected chi connectivity index (χ2v) is 13.4. The molecule has 8 rings (SSSR count). The van der Waals surface area contributed by atoms with Crippen molar-refractivity contribution >= 4 is 11.7 Å². The molecule has 1 aliphatic rings. The highest BCUT2D eigenvalue weighted by atomic mass is 16.2. The molecule has 0 N–H and O–H groups in total. The van der Waals surface area contributed by atoms with Crippen LogP contribution >= 0.6 is 0 Å². The van der Waals surface area contributed by atoms with Crippen molar-refractivity contribution in [3.63, 3.8) is 0 Å². The van der Waals surface area contributed by atoms with Gasteiger partial charge >= 0.3 is 0 Å². The molecule has 0 unspecified atom stereocenters. The molecule has 0 aliphatic carbocycles. The SMILES string of the molecule is CCCC1=NC(=CCc2ccccc2)C(=O)N1Cc1ccc(-c2ccccc2-c2nnnn2C(c2ccccc2)(c2ccccc2)c2ccccc2)cc1. The third kappa shape index (κ3) is 6.56. The van der Waals surface area contributed by atoms with Gasteiger partial charge in [-0.2, -0.15) is 0 Å². The highest BCUT2D eigenvalue weighted by Gasteiger charge is 2.42. The number of hydrogen-bond donors (Lipinski definition) is 0. The summed E-state index contributed by atoms with van der Waals surface area (Å²) in [7, 11) is 0. The molecule has 54 heavy (non-hydrogen) atoms. The summed E-state index contributed by atoms with van der Waals surface area (Å²) in [5, 5.41) is 13.8. The number of amidine groups is 1. The topological polar surface area (TPSA) is 76.3 Å². The molecule has 1 aromatic heterocycles. The first-order valence-electron chi connectivity index (χ1n) is 18.4. The van der Waals surface area contributed by atoms with Crippen LogP contribution in [0, 0.1) is 0 Å². The lowest BCUT2D eigenvalue weighted by molar-refractivity contribution is -0.123. The summed E-state index contributed by atoms with van der Waals surface area (Å²) >= 11 is 0.